The highest BCUT2D eigenvalue weighted by Gasteiger charge is 2.46. The number of phenolic OH excluding ortho intramolecular Hbond substituents is 1. The zero-order valence-electron chi connectivity index (χ0n) is 15.7. The fourth-order valence-electron chi connectivity index (χ4n) is 3.73. The summed E-state index contributed by atoms with van der Waals surface area (Å²) in [7, 11) is 0. The van der Waals surface area contributed by atoms with Crippen molar-refractivity contribution in [1.29, 1.82) is 0 Å². The van der Waals surface area contributed by atoms with Crippen LogP contribution in [0.5, 0.6) is 5.75 Å². The highest BCUT2D eigenvalue weighted by atomic mass is 32.2. The monoisotopic (exact) mass is 396 g/mol. The number of nitrogens with zero attached hydrogens (tertiary/aromatic N) is 2. The number of hydrogen-bond donors (Lipinski definition) is 1. The van der Waals surface area contributed by atoms with E-state index < -0.39 is 0 Å². The molecule has 2 aliphatic rings. The van der Waals surface area contributed by atoms with E-state index in [2.05, 4.69) is 12.1 Å². The van der Waals surface area contributed by atoms with Gasteiger partial charge in [0.1, 0.15) is 5.75 Å². The number of piperazine rings is 1. The summed E-state index contributed by atoms with van der Waals surface area (Å²) in [6, 6.07) is 17.1. The molecule has 1 aliphatic carbocycles. The van der Waals surface area contributed by atoms with E-state index in [-0.39, 0.29) is 23.5 Å². The SMILES string of the molecule is O=C(CSc1ccc(O)cc1)N1CCN(C(=O)[C@@H]2C[C@H]2c2ccccc2)CC1. The van der Waals surface area contributed by atoms with Gasteiger partial charge in [-0.1, -0.05) is 30.3 Å². The minimum atomic E-state index is 0.0961. The average Bonchev–Trinajstić information content (AvgIpc) is 3.54. The average molecular weight is 397 g/mol. The maximum atomic E-state index is 12.8. The van der Waals surface area contributed by atoms with Gasteiger partial charge in [0.2, 0.25) is 11.8 Å². The van der Waals surface area contributed by atoms with E-state index in [4.69, 9.17) is 0 Å². The third-order valence-corrected chi connectivity index (χ3v) is 6.48. The van der Waals surface area contributed by atoms with Gasteiger partial charge in [0.05, 0.1) is 5.75 Å². The number of amides is 2. The smallest absolute Gasteiger partial charge is 0.233 e. The summed E-state index contributed by atoms with van der Waals surface area (Å²) >= 11 is 1.47. The minimum Gasteiger partial charge on any atom is -0.508 e. The molecule has 0 radical (unpaired) electrons. The molecule has 2 aromatic rings. The van der Waals surface area contributed by atoms with Crippen molar-refractivity contribution < 1.29 is 14.7 Å². The molecule has 5 nitrogen and oxygen atoms in total. The largest absolute Gasteiger partial charge is 0.508 e. The molecule has 146 valence electrons. The van der Waals surface area contributed by atoms with Crippen LogP contribution in [-0.4, -0.2) is 58.7 Å². The number of aromatic hydroxyl groups is 1. The van der Waals surface area contributed by atoms with Gasteiger partial charge in [-0.05, 0) is 42.2 Å². The van der Waals surface area contributed by atoms with Gasteiger partial charge in [-0.15, -0.1) is 11.8 Å². The fraction of sp³-hybridized carbons (Fsp3) is 0.364. The molecule has 1 aliphatic heterocycles. The van der Waals surface area contributed by atoms with Gasteiger partial charge in [-0.25, -0.2) is 0 Å². The third kappa shape index (κ3) is 4.33. The van der Waals surface area contributed by atoms with Crippen molar-refractivity contribution in [2.75, 3.05) is 31.9 Å². The van der Waals surface area contributed by atoms with Crippen LogP contribution in [0.25, 0.3) is 0 Å². The Labute approximate surface area is 169 Å². The van der Waals surface area contributed by atoms with E-state index in [1.807, 2.05) is 40.1 Å². The zero-order valence-corrected chi connectivity index (χ0v) is 16.5. The number of carbonyl (C=O) groups is 2. The molecule has 4 rings (SSSR count). The van der Waals surface area contributed by atoms with Gasteiger partial charge < -0.3 is 14.9 Å². The van der Waals surface area contributed by atoms with Crippen LogP contribution in [-0.2, 0) is 9.59 Å². The molecule has 6 heteroatoms. The Morgan fingerprint density at radius 1 is 0.929 bits per heavy atom. The van der Waals surface area contributed by atoms with Gasteiger partial charge in [0, 0.05) is 37.0 Å². The summed E-state index contributed by atoms with van der Waals surface area (Å²) in [5.74, 6) is 1.39. The second kappa shape index (κ2) is 8.27. The van der Waals surface area contributed by atoms with Crippen molar-refractivity contribution in [3.05, 3.63) is 60.2 Å². The lowest BCUT2D eigenvalue weighted by Gasteiger charge is -2.35. The van der Waals surface area contributed by atoms with Gasteiger partial charge >= 0.3 is 0 Å². The normalized spacial score (nSPS) is 21.4. The van der Waals surface area contributed by atoms with Crippen molar-refractivity contribution in [2.45, 2.75) is 17.2 Å². The van der Waals surface area contributed by atoms with Gasteiger partial charge in [-0.2, -0.15) is 0 Å². The van der Waals surface area contributed by atoms with Crippen molar-refractivity contribution in [3.8, 4) is 5.75 Å². The number of benzene rings is 2. The van der Waals surface area contributed by atoms with E-state index >= 15 is 0 Å². The molecule has 0 aromatic heterocycles. The van der Waals surface area contributed by atoms with Gasteiger partial charge in [-0.3, -0.25) is 9.59 Å². The van der Waals surface area contributed by atoms with Crippen LogP contribution in [0.1, 0.15) is 17.9 Å². The molecule has 0 bridgehead atoms. The third-order valence-electron chi connectivity index (χ3n) is 5.48. The number of carbonyl (C=O) groups excluding carboxylic acids is 2. The van der Waals surface area contributed by atoms with Crippen molar-refractivity contribution in [3.63, 3.8) is 0 Å². The summed E-state index contributed by atoms with van der Waals surface area (Å²) in [6.45, 7) is 2.44. The van der Waals surface area contributed by atoms with Crippen molar-refractivity contribution >= 4 is 23.6 Å². The van der Waals surface area contributed by atoms with E-state index in [9.17, 15) is 14.7 Å². The molecule has 0 unspecified atom stereocenters. The Balaban J connectivity index is 1.22. The lowest BCUT2D eigenvalue weighted by atomic mass is 10.1. The Morgan fingerprint density at radius 3 is 2.25 bits per heavy atom. The topological polar surface area (TPSA) is 60.9 Å². The van der Waals surface area contributed by atoms with Crippen molar-refractivity contribution in [2.24, 2.45) is 5.92 Å². The summed E-state index contributed by atoms with van der Waals surface area (Å²) in [5.41, 5.74) is 1.25. The number of hydrogen-bond acceptors (Lipinski definition) is 4. The van der Waals surface area contributed by atoms with Crippen LogP contribution in [0.3, 0.4) is 0 Å². The summed E-state index contributed by atoms with van der Waals surface area (Å²) in [6.07, 6.45) is 0.936. The predicted octanol–water partition coefficient (Wildman–Crippen LogP) is 2.96. The molecule has 2 atom stereocenters. The number of phenols is 1. The summed E-state index contributed by atoms with van der Waals surface area (Å²) in [5, 5.41) is 9.32. The van der Waals surface area contributed by atoms with Gasteiger partial charge in [0.15, 0.2) is 0 Å². The Kier molecular flexibility index (Phi) is 5.57. The lowest BCUT2D eigenvalue weighted by molar-refractivity contribution is -0.139. The summed E-state index contributed by atoms with van der Waals surface area (Å²) < 4.78 is 0. The Bertz CT molecular complexity index is 833. The molecular weight excluding hydrogens is 372 g/mol. The van der Waals surface area contributed by atoms with Crippen LogP contribution in [0.15, 0.2) is 59.5 Å². The Morgan fingerprint density at radius 2 is 1.57 bits per heavy atom. The van der Waals surface area contributed by atoms with Crippen molar-refractivity contribution in [1.82, 2.24) is 9.80 Å². The van der Waals surface area contributed by atoms with Crippen LogP contribution in [0, 0.1) is 5.92 Å². The minimum absolute atomic E-state index is 0.0961. The lowest BCUT2D eigenvalue weighted by Crippen LogP contribution is -2.51. The van der Waals surface area contributed by atoms with Crippen LogP contribution >= 0.6 is 11.8 Å². The highest BCUT2D eigenvalue weighted by Crippen LogP contribution is 2.48. The van der Waals surface area contributed by atoms with Crippen LogP contribution in [0.2, 0.25) is 0 Å². The van der Waals surface area contributed by atoms with E-state index in [1.54, 1.807) is 12.1 Å². The standard InChI is InChI=1S/C22H24N2O3S/c25-17-6-8-18(9-7-17)28-15-21(26)23-10-12-24(13-11-23)22(27)20-14-19(20)16-4-2-1-3-5-16/h1-9,19-20,25H,10-15H2/t19-,20+/m0/s1. The van der Waals surface area contributed by atoms with E-state index in [1.165, 1.54) is 17.3 Å². The summed E-state index contributed by atoms with van der Waals surface area (Å²) in [4.78, 5) is 29.9. The van der Waals surface area contributed by atoms with Gasteiger partial charge in [0.25, 0.3) is 0 Å². The molecule has 1 heterocycles. The maximum Gasteiger partial charge on any atom is 0.233 e. The first-order chi connectivity index (χ1) is 13.6. The highest BCUT2D eigenvalue weighted by molar-refractivity contribution is 8.00. The molecule has 1 N–H and O–H groups in total. The first-order valence-electron chi connectivity index (χ1n) is 9.65. The molecule has 2 amide bonds. The number of thioether (sulfide) groups is 1. The first-order valence-corrected chi connectivity index (χ1v) is 10.6. The predicted molar refractivity (Wildman–Crippen MR) is 109 cm³/mol. The molecule has 2 fully saturated rings. The van der Waals surface area contributed by atoms with E-state index in [0.29, 0.717) is 37.8 Å². The second-order valence-electron chi connectivity index (χ2n) is 7.35. The second-order valence-corrected chi connectivity index (χ2v) is 8.40. The van der Waals surface area contributed by atoms with E-state index in [0.717, 1.165) is 11.3 Å². The number of rotatable bonds is 5. The molecular formula is C22H24N2O3S. The molecule has 1 saturated carbocycles. The maximum absolute atomic E-state index is 12.8. The van der Waals surface area contributed by atoms with Crippen LogP contribution in [0.4, 0.5) is 0 Å². The quantitative estimate of drug-likeness (QED) is 0.790. The first kappa shape index (κ1) is 18.9. The zero-order chi connectivity index (χ0) is 19.5. The Hall–Kier alpha value is -2.47. The molecule has 2 aromatic carbocycles. The molecule has 1 saturated heterocycles. The van der Waals surface area contributed by atoms with Crippen LogP contribution < -0.4 is 0 Å². The fourth-order valence-corrected chi connectivity index (χ4v) is 4.53. The molecule has 0 spiro atoms. The molecule has 28 heavy (non-hydrogen) atoms.